The Balaban J connectivity index is 1.89. The highest BCUT2D eigenvalue weighted by Crippen LogP contribution is 2.43. The molecule has 2 heterocycles. The first kappa shape index (κ1) is 16.6. The zero-order chi connectivity index (χ0) is 18.3. The SMILES string of the molecule is CCN(CC)C(=O)c1cnn(-c2cccc3[nH]c(=O)ccc23)c1C1CC1. The van der Waals surface area contributed by atoms with Crippen molar-refractivity contribution in [3.05, 3.63) is 58.1 Å². The maximum Gasteiger partial charge on any atom is 0.257 e. The molecule has 3 aromatic rings. The van der Waals surface area contributed by atoms with Crippen LogP contribution in [0, 0.1) is 0 Å². The molecule has 0 aliphatic heterocycles. The van der Waals surface area contributed by atoms with Crippen molar-refractivity contribution in [3.8, 4) is 5.69 Å². The Hall–Kier alpha value is -2.89. The van der Waals surface area contributed by atoms with Gasteiger partial charge < -0.3 is 9.88 Å². The van der Waals surface area contributed by atoms with Crippen LogP contribution in [0.4, 0.5) is 0 Å². The summed E-state index contributed by atoms with van der Waals surface area (Å²) < 4.78 is 1.88. The third-order valence-corrected chi connectivity index (χ3v) is 5.02. The fraction of sp³-hybridized carbons (Fsp3) is 0.350. The second-order valence-electron chi connectivity index (χ2n) is 6.67. The minimum Gasteiger partial charge on any atom is -0.339 e. The van der Waals surface area contributed by atoms with E-state index in [4.69, 9.17) is 0 Å². The van der Waals surface area contributed by atoms with Crippen LogP contribution in [0.25, 0.3) is 16.6 Å². The van der Waals surface area contributed by atoms with E-state index >= 15 is 0 Å². The molecule has 0 bridgehead atoms. The van der Waals surface area contributed by atoms with Crippen molar-refractivity contribution >= 4 is 16.8 Å². The van der Waals surface area contributed by atoms with E-state index in [-0.39, 0.29) is 11.5 Å². The second-order valence-corrected chi connectivity index (χ2v) is 6.67. The Kier molecular flexibility index (Phi) is 4.11. The average Bonchev–Trinajstić information content (AvgIpc) is 3.40. The third kappa shape index (κ3) is 2.71. The van der Waals surface area contributed by atoms with Crippen molar-refractivity contribution in [2.24, 2.45) is 0 Å². The van der Waals surface area contributed by atoms with E-state index < -0.39 is 0 Å². The largest absolute Gasteiger partial charge is 0.339 e. The van der Waals surface area contributed by atoms with Gasteiger partial charge in [-0.3, -0.25) is 9.59 Å². The summed E-state index contributed by atoms with van der Waals surface area (Å²) in [5.74, 6) is 0.404. The number of hydrogen-bond acceptors (Lipinski definition) is 3. The molecule has 0 radical (unpaired) electrons. The number of carbonyl (C=O) groups is 1. The van der Waals surface area contributed by atoms with Crippen molar-refractivity contribution < 1.29 is 4.79 Å². The molecular weight excluding hydrogens is 328 g/mol. The number of pyridine rings is 1. The lowest BCUT2D eigenvalue weighted by atomic mass is 10.1. The summed E-state index contributed by atoms with van der Waals surface area (Å²) in [4.78, 5) is 29.2. The zero-order valence-electron chi connectivity index (χ0n) is 15.0. The Morgan fingerprint density at radius 3 is 2.69 bits per heavy atom. The van der Waals surface area contributed by atoms with Gasteiger partial charge in [0, 0.05) is 30.5 Å². The third-order valence-electron chi connectivity index (χ3n) is 5.02. The lowest BCUT2D eigenvalue weighted by molar-refractivity contribution is 0.0772. The molecule has 4 rings (SSSR count). The second kappa shape index (κ2) is 6.44. The van der Waals surface area contributed by atoms with E-state index in [1.54, 1.807) is 6.20 Å². The molecule has 0 unspecified atom stereocenters. The van der Waals surface area contributed by atoms with Crippen molar-refractivity contribution in [3.63, 3.8) is 0 Å². The van der Waals surface area contributed by atoms with Crippen LogP contribution in [0.15, 0.2) is 41.3 Å². The molecule has 1 amide bonds. The van der Waals surface area contributed by atoms with Gasteiger partial charge in [0.05, 0.1) is 28.7 Å². The first-order valence-corrected chi connectivity index (χ1v) is 9.13. The first-order valence-electron chi connectivity index (χ1n) is 9.13. The standard InChI is InChI=1S/C20H22N4O2/c1-3-23(4-2)20(26)15-12-21-24(19(15)13-8-9-13)17-7-5-6-16-14(17)10-11-18(25)22-16/h5-7,10-13H,3-4,8-9H2,1-2H3,(H,22,25). The number of hydrogen-bond donors (Lipinski definition) is 1. The van der Waals surface area contributed by atoms with Crippen molar-refractivity contribution in [1.82, 2.24) is 19.7 Å². The molecular formula is C20H22N4O2. The van der Waals surface area contributed by atoms with Crippen molar-refractivity contribution in [2.75, 3.05) is 13.1 Å². The Morgan fingerprint density at radius 2 is 2.00 bits per heavy atom. The van der Waals surface area contributed by atoms with E-state index in [2.05, 4.69) is 10.1 Å². The number of benzene rings is 1. The summed E-state index contributed by atoms with van der Waals surface area (Å²) in [7, 11) is 0. The topological polar surface area (TPSA) is 71.0 Å². The van der Waals surface area contributed by atoms with E-state index in [0.29, 0.717) is 24.6 Å². The smallest absolute Gasteiger partial charge is 0.257 e. The summed E-state index contributed by atoms with van der Waals surface area (Å²) in [5, 5.41) is 5.49. The molecule has 1 aliphatic rings. The summed E-state index contributed by atoms with van der Waals surface area (Å²) in [5.41, 5.74) is 3.20. The molecule has 1 aromatic carbocycles. The van der Waals surface area contributed by atoms with Gasteiger partial charge in [-0.25, -0.2) is 4.68 Å². The monoisotopic (exact) mass is 350 g/mol. The molecule has 6 nitrogen and oxygen atoms in total. The van der Waals surface area contributed by atoms with Gasteiger partial charge >= 0.3 is 0 Å². The van der Waals surface area contributed by atoms with Gasteiger partial charge in [0.1, 0.15) is 0 Å². The summed E-state index contributed by atoms with van der Waals surface area (Å²) in [6.45, 7) is 5.34. The minimum atomic E-state index is -0.130. The van der Waals surface area contributed by atoms with Crippen LogP contribution < -0.4 is 5.56 Å². The molecule has 6 heteroatoms. The van der Waals surface area contributed by atoms with Crippen LogP contribution in [0.2, 0.25) is 0 Å². The van der Waals surface area contributed by atoms with E-state index in [0.717, 1.165) is 35.1 Å². The molecule has 0 saturated heterocycles. The summed E-state index contributed by atoms with van der Waals surface area (Å²) in [6.07, 6.45) is 3.84. The van der Waals surface area contributed by atoms with Crippen LogP contribution >= 0.6 is 0 Å². The highest BCUT2D eigenvalue weighted by atomic mass is 16.2. The molecule has 0 atom stereocenters. The number of aromatic nitrogens is 3. The number of rotatable bonds is 5. The Morgan fingerprint density at radius 1 is 1.23 bits per heavy atom. The van der Waals surface area contributed by atoms with Gasteiger partial charge in [-0.2, -0.15) is 5.10 Å². The molecule has 2 aromatic heterocycles. The van der Waals surface area contributed by atoms with Gasteiger partial charge in [0.2, 0.25) is 5.56 Å². The van der Waals surface area contributed by atoms with Crippen LogP contribution in [-0.4, -0.2) is 38.7 Å². The predicted molar refractivity (Wildman–Crippen MR) is 101 cm³/mol. The minimum absolute atomic E-state index is 0.0387. The Labute approximate surface area is 151 Å². The highest BCUT2D eigenvalue weighted by molar-refractivity contribution is 5.96. The van der Waals surface area contributed by atoms with Gasteiger partial charge in [-0.05, 0) is 44.9 Å². The zero-order valence-corrected chi connectivity index (χ0v) is 15.0. The normalized spacial score (nSPS) is 13.9. The predicted octanol–water partition coefficient (Wildman–Crippen LogP) is 3.07. The van der Waals surface area contributed by atoms with Gasteiger partial charge in [-0.15, -0.1) is 0 Å². The maximum absolute atomic E-state index is 12.9. The molecule has 134 valence electrons. The van der Waals surface area contributed by atoms with Crippen LogP contribution in [0.3, 0.4) is 0 Å². The number of carbonyl (C=O) groups excluding carboxylic acids is 1. The highest BCUT2D eigenvalue weighted by Gasteiger charge is 2.34. The molecule has 1 N–H and O–H groups in total. The fourth-order valence-corrected chi connectivity index (χ4v) is 3.50. The van der Waals surface area contributed by atoms with E-state index in [9.17, 15) is 9.59 Å². The summed E-state index contributed by atoms with van der Waals surface area (Å²) in [6, 6.07) is 9.09. The molecule has 0 spiro atoms. The molecule has 1 aliphatic carbocycles. The number of nitrogens with one attached hydrogen (secondary N) is 1. The number of aromatic amines is 1. The average molecular weight is 350 g/mol. The fourth-order valence-electron chi connectivity index (χ4n) is 3.50. The van der Waals surface area contributed by atoms with Gasteiger partial charge in [0.25, 0.3) is 5.91 Å². The lowest BCUT2D eigenvalue weighted by Crippen LogP contribution is -2.31. The van der Waals surface area contributed by atoms with Crippen LogP contribution in [0.5, 0.6) is 0 Å². The van der Waals surface area contributed by atoms with Crippen LogP contribution in [0.1, 0.15) is 48.7 Å². The van der Waals surface area contributed by atoms with E-state index in [1.807, 2.05) is 47.7 Å². The maximum atomic E-state index is 12.9. The number of nitrogens with zero attached hydrogens (tertiary/aromatic N) is 3. The summed E-state index contributed by atoms with van der Waals surface area (Å²) >= 11 is 0. The molecule has 1 saturated carbocycles. The number of H-pyrrole nitrogens is 1. The van der Waals surface area contributed by atoms with Crippen LogP contribution in [-0.2, 0) is 0 Å². The quantitative estimate of drug-likeness (QED) is 0.769. The van der Waals surface area contributed by atoms with Gasteiger partial charge in [-0.1, -0.05) is 6.07 Å². The number of amides is 1. The van der Waals surface area contributed by atoms with Crippen molar-refractivity contribution in [2.45, 2.75) is 32.6 Å². The lowest BCUT2D eigenvalue weighted by Gasteiger charge is -2.19. The van der Waals surface area contributed by atoms with E-state index in [1.165, 1.54) is 6.07 Å². The molecule has 26 heavy (non-hydrogen) atoms. The first-order chi connectivity index (χ1) is 12.6. The number of fused-ring (bicyclic) bond motifs is 1. The van der Waals surface area contributed by atoms with Gasteiger partial charge in [0.15, 0.2) is 0 Å². The molecule has 1 fully saturated rings. The Bertz CT molecular complexity index is 1030. The van der Waals surface area contributed by atoms with Crippen molar-refractivity contribution in [1.29, 1.82) is 0 Å².